The van der Waals surface area contributed by atoms with E-state index in [0.29, 0.717) is 16.6 Å². The Morgan fingerprint density at radius 1 is 1.18 bits per heavy atom. The molecule has 0 aliphatic rings. The molecule has 28 heavy (non-hydrogen) atoms. The van der Waals surface area contributed by atoms with Crippen LogP contribution in [0.5, 0.6) is 0 Å². The fourth-order valence-electron chi connectivity index (χ4n) is 3.03. The molecule has 0 saturated heterocycles. The van der Waals surface area contributed by atoms with Crippen LogP contribution in [0.25, 0.3) is 21.9 Å². The lowest BCUT2D eigenvalue weighted by Crippen LogP contribution is -2.44. The summed E-state index contributed by atoms with van der Waals surface area (Å²) in [6.45, 7) is 4.22. The number of carbonyl (C=O) groups excluding carboxylic acids is 1. The van der Waals surface area contributed by atoms with Crippen molar-refractivity contribution in [3.8, 4) is 0 Å². The number of ether oxygens (including phenoxy) is 1. The van der Waals surface area contributed by atoms with Crippen molar-refractivity contribution in [1.82, 2.24) is 4.72 Å². The van der Waals surface area contributed by atoms with Crippen molar-refractivity contribution in [1.29, 1.82) is 0 Å². The third kappa shape index (κ3) is 4.34. The van der Waals surface area contributed by atoms with Gasteiger partial charge in [0.25, 0.3) is 0 Å². The van der Waals surface area contributed by atoms with E-state index >= 15 is 0 Å². The van der Waals surface area contributed by atoms with E-state index in [2.05, 4.69) is 4.72 Å². The van der Waals surface area contributed by atoms with Crippen molar-refractivity contribution >= 4 is 37.9 Å². The summed E-state index contributed by atoms with van der Waals surface area (Å²) in [7, 11) is -4.09. The zero-order chi connectivity index (χ0) is 20.5. The summed E-state index contributed by atoms with van der Waals surface area (Å²) in [5, 5.41) is 1.42. The van der Waals surface area contributed by atoms with Gasteiger partial charge in [-0.05, 0) is 45.0 Å². The quantitative estimate of drug-likeness (QED) is 0.600. The summed E-state index contributed by atoms with van der Waals surface area (Å²) in [4.78, 5) is 12.1. The minimum Gasteiger partial charge on any atom is -0.465 e. The molecule has 0 aliphatic heterocycles. The van der Waals surface area contributed by atoms with Gasteiger partial charge in [-0.3, -0.25) is 4.79 Å². The molecule has 0 bridgehead atoms. The number of sulfonamides is 1. The Morgan fingerprint density at radius 3 is 2.54 bits per heavy atom. The maximum atomic E-state index is 14.1. The van der Waals surface area contributed by atoms with E-state index in [-0.39, 0.29) is 17.9 Å². The highest BCUT2D eigenvalue weighted by atomic mass is 32.2. The van der Waals surface area contributed by atoms with Gasteiger partial charge in [0.2, 0.25) is 10.0 Å². The van der Waals surface area contributed by atoms with Crippen molar-refractivity contribution in [2.45, 2.75) is 43.8 Å². The van der Waals surface area contributed by atoms with Crippen LogP contribution >= 0.6 is 0 Å². The Bertz CT molecular complexity index is 1110. The van der Waals surface area contributed by atoms with Gasteiger partial charge in [-0.1, -0.05) is 18.2 Å². The molecule has 8 heteroatoms. The van der Waals surface area contributed by atoms with Crippen LogP contribution in [0.3, 0.4) is 0 Å². The van der Waals surface area contributed by atoms with Gasteiger partial charge in [0.05, 0.1) is 11.5 Å². The van der Waals surface area contributed by atoms with Gasteiger partial charge in [-0.25, -0.2) is 12.8 Å². The first-order valence-corrected chi connectivity index (χ1v) is 10.4. The predicted molar refractivity (Wildman–Crippen MR) is 104 cm³/mol. The smallest absolute Gasteiger partial charge is 0.324 e. The molecule has 2 aromatic carbocycles. The molecule has 3 rings (SSSR count). The minimum atomic E-state index is -4.09. The molecular weight excluding hydrogens is 385 g/mol. The molecule has 1 aromatic heterocycles. The van der Waals surface area contributed by atoms with E-state index in [9.17, 15) is 17.6 Å². The number of para-hydroxylation sites is 1. The Morgan fingerprint density at radius 2 is 1.86 bits per heavy atom. The highest BCUT2D eigenvalue weighted by Gasteiger charge is 2.33. The lowest BCUT2D eigenvalue weighted by atomic mass is 10.0. The molecule has 1 unspecified atom stereocenters. The van der Waals surface area contributed by atoms with Gasteiger partial charge in [-0.2, -0.15) is 4.72 Å². The first-order chi connectivity index (χ1) is 13.1. The topological polar surface area (TPSA) is 85.6 Å². The summed E-state index contributed by atoms with van der Waals surface area (Å²) in [5.41, 5.74) is -0.569. The van der Waals surface area contributed by atoms with E-state index < -0.39 is 27.7 Å². The number of nitrogens with one attached hydrogen (secondary N) is 1. The van der Waals surface area contributed by atoms with E-state index in [1.54, 1.807) is 19.1 Å². The maximum absolute atomic E-state index is 14.1. The molecule has 0 aliphatic carbocycles. The number of halogens is 1. The van der Waals surface area contributed by atoms with Crippen LogP contribution in [0.4, 0.5) is 4.39 Å². The average Bonchev–Trinajstić information content (AvgIpc) is 2.98. The van der Waals surface area contributed by atoms with Crippen molar-refractivity contribution in [2.75, 3.05) is 6.61 Å². The third-order valence-electron chi connectivity index (χ3n) is 4.22. The van der Waals surface area contributed by atoms with Gasteiger partial charge >= 0.3 is 5.97 Å². The Kier molecular flexibility index (Phi) is 5.45. The molecule has 0 spiro atoms. The van der Waals surface area contributed by atoms with Crippen LogP contribution in [-0.2, 0) is 19.6 Å². The van der Waals surface area contributed by atoms with Gasteiger partial charge < -0.3 is 9.15 Å². The van der Waals surface area contributed by atoms with Gasteiger partial charge in [0, 0.05) is 17.2 Å². The van der Waals surface area contributed by atoms with Crippen LogP contribution in [0, 0.1) is 0 Å². The fraction of sp³-hybridized carbons (Fsp3) is 0.350. The second-order valence-corrected chi connectivity index (χ2v) is 8.82. The first kappa shape index (κ1) is 20.3. The van der Waals surface area contributed by atoms with Crippen molar-refractivity contribution in [2.24, 2.45) is 0 Å². The predicted octanol–water partition coefficient (Wildman–Crippen LogP) is 3.93. The lowest BCUT2D eigenvalue weighted by molar-refractivity contribution is -0.146. The van der Waals surface area contributed by atoms with Crippen molar-refractivity contribution in [3.05, 3.63) is 42.5 Å². The monoisotopic (exact) mass is 407 g/mol. The number of fused-ring (bicyclic) bond motifs is 3. The normalized spacial score (nSPS) is 13.7. The molecular formula is C20H22FNO5S. The standard InChI is InChI=1S/C20H22FNO5S/c1-4-26-19(23)16(12-20(2,3)21)22-28(24,25)13-9-10-18-15(11-13)14-7-5-6-8-17(14)27-18/h5-11,16,22H,4,12H2,1-3H3. The first-order valence-electron chi connectivity index (χ1n) is 8.90. The number of hydrogen-bond acceptors (Lipinski definition) is 5. The number of rotatable bonds is 7. The van der Waals surface area contributed by atoms with E-state index in [0.717, 1.165) is 5.39 Å². The minimum absolute atomic E-state index is 0.0440. The SMILES string of the molecule is CCOC(=O)C(CC(C)(C)F)NS(=O)(=O)c1ccc2oc3ccccc3c2c1. The molecule has 0 fully saturated rings. The van der Waals surface area contributed by atoms with Crippen LogP contribution in [-0.4, -0.2) is 32.7 Å². The van der Waals surface area contributed by atoms with E-state index in [4.69, 9.17) is 9.15 Å². The molecule has 150 valence electrons. The summed E-state index contributed by atoms with van der Waals surface area (Å²) >= 11 is 0. The van der Waals surface area contributed by atoms with E-state index in [1.165, 1.54) is 26.0 Å². The second-order valence-electron chi connectivity index (χ2n) is 7.10. The third-order valence-corrected chi connectivity index (χ3v) is 5.69. The molecule has 1 N–H and O–H groups in total. The number of carbonyl (C=O) groups is 1. The molecule has 3 aromatic rings. The number of benzene rings is 2. The van der Waals surface area contributed by atoms with Crippen molar-refractivity contribution in [3.63, 3.8) is 0 Å². The number of hydrogen-bond donors (Lipinski definition) is 1. The zero-order valence-corrected chi connectivity index (χ0v) is 16.7. The van der Waals surface area contributed by atoms with Crippen molar-refractivity contribution < 1.29 is 26.8 Å². The highest BCUT2D eigenvalue weighted by Crippen LogP contribution is 2.30. The van der Waals surface area contributed by atoms with E-state index in [1.807, 2.05) is 18.2 Å². The fourth-order valence-corrected chi connectivity index (χ4v) is 4.24. The zero-order valence-electron chi connectivity index (χ0n) is 15.9. The van der Waals surface area contributed by atoms with Gasteiger partial charge in [-0.15, -0.1) is 0 Å². The maximum Gasteiger partial charge on any atom is 0.324 e. The Hall–Kier alpha value is -2.45. The summed E-state index contributed by atoms with van der Waals surface area (Å²) < 4.78 is 52.7. The Labute approximate surface area is 162 Å². The number of furan rings is 1. The summed E-state index contributed by atoms with van der Waals surface area (Å²) in [5.74, 6) is -0.813. The summed E-state index contributed by atoms with van der Waals surface area (Å²) in [6.07, 6.45) is -0.345. The molecule has 1 atom stereocenters. The number of alkyl halides is 1. The van der Waals surface area contributed by atoms with Gasteiger partial charge in [0.15, 0.2) is 0 Å². The largest absolute Gasteiger partial charge is 0.465 e. The molecule has 0 saturated carbocycles. The molecule has 0 radical (unpaired) electrons. The van der Waals surface area contributed by atoms with Crippen LogP contribution in [0.2, 0.25) is 0 Å². The molecule has 6 nitrogen and oxygen atoms in total. The van der Waals surface area contributed by atoms with Crippen LogP contribution in [0.15, 0.2) is 51.8 Å². The summed E-state index contributed by atoms with van der Waals surface area (Å²) in [6, 6.07) is 10.4. The van der Waals surface area contributed by atoms with Crippen LogP contribution < -0.4 is 4.72 Å². The molecule has 0 amide bonds. The second kappa shape index (κ2) is 7.52. The average molecular weight is 407 g/mol. The number of esters is 1. The highest BCUT2D eigenvalue weighted by molar-refractivity contribution is 7.89. The van der Waals surface area contributed by atoms with Crippen LogP contribution in [0.1, 0.15) is 27.2 Å². The lowest BCUT2D eigenvalue weighted by Gasteiger charge is -2.22. The molecule has 1 heterocycles. The Balaban J connectivity index is 1.98. The van der Waals surface area contributed by atoms with Gasteiger partial charge in [0.1, 0.15) is 22.9 Å².